The minimum atomic E-state index is 0.0256. The van der Waals surface area contributed by atoms with Crippen molar-refractivity contribution in [2.45, 2.75) is 6.42 Å². The van der Waals surface area contributed by atoms with Crippen LogP contribution in [-0.4, -0.2) is 32.5 Å². The molecule has 0 unspecified atom stereocenters. The smallest absolute Gasteiger partial charge is 0.165 e. The van der Waals surface area contributed by atoms with Crippen molar-refractivity contribution in [3.05, 3.63) is 23.8 Å². The molecule has 0 aromatic heterocycles. The van der Waals surface area contributed by atoms with Crippen LogP contribution < -0.4 is 16.0 Å². The van der Waals surface area contributed by atoms with E-state index >= 15 is 0 Å². The van der Waals surface area contributed by atoms with Gasteiger partial charge in [-0.05, 0) is 30.2 Å². The van der Waals surface area contributed by atoms with E-state index in [0.717, 1.165) is 18.7 Å². The summed E-state index contributed by atoms with van der Waals surface area (Å²) in [5, 5.41) is 3.09. The maximum atomic E-state index is 11.1. The fourth-order valence-corrected chi connectivity index (χ4v) is 1.95. The minimum Gasteiger partial charge on any atom is -0.378 e. The summed E-state index contributed by atoms with van der Waals surface area (Å²) in [6.07, 6.45) is 1.08. The van der Waals surface area contributed by atoms with Gasteiger partial charge >= 0.3 is 0 Å². The lowest BCUT2D eigenvalue weighted by Crippen LogP contribution is -2.22. The summed E-state index contributed by atoms with van der Waals surface area (Å²) in [5.41, 5.74) is 8.87. The number of nitrogens with one attached hydrogen (secondary N) is 1. The van der Waals surface area contributed by atoms with Gasteiger partial charge in [-0.1, -0.05) is 0 Å². The molecule has 1 aliphatic rings. The van der Waals surface area contributed by atoms with E-state index in [1.54, 1.807) is 0 Å². The van der Waals surface area contributed by atoms with Crippen molar-refractivity contribution in [1.82, 2.24) is 0 Å². The summed E-state index contributed by atoms with van der Waals surface area (Å²) in [4.78, 5) is 13.3. The molecule has 0 saturated carbocycles. The zero-order chi connectivity index (χ0) is 11.5. The molecule has 1 aromatic rings. The normalized spacial score (nSPS) is 13.8. The van der Waals surface area contributed by atoms with E-state index in [-0.39, 0.29) is 12.3 Å². The van der Waals surface area contributed by atoms with E-state index in [1.807, 2.05) is 6.07 Å². The Morgan fingerprint density at radius 3 is 3.12 bits per heavy atom. The summed E-state index contributed by atoms with van der Waals surface area (Å²) < 4.78 is 0. The zero-order valence-corrected chi connectivity index (χ0v) is 9.49. The second-order valence-electron chi connectivity index (χ2n) is 4.11. The van der Waals surface area contributed by atoms with E-state index in [0.29, 0.717) is 6.54 Å². The number of hydrogen-bond donors (Lipinski definition) is 2. The number of hydrogen-bond acceptors (Lipinski definition) is 4. The molecule has 0 radical (unpaired) electrons. The number of fused-ring (bicyclic) bond motifs is 1. The third-order valence-electron chi connectivity index (χ3n) is 2.92. The van der Waals surface area contributed by atoms with Crippen LogP contribution in [0.5, 0.6) is 0 Å². The highest BCUT2D eigenvalue weighted by atomic mass is 16.1. The molecule has 1 heterocycles. The summed E-state index contributed by atoms with van der Waals surface area (Å²) in [7, 11) is 2.09. The Morgan fingerprint density at radius 1 is 1.56 bits per heavy atom. The Labute approximate surface area is 95.4 Å². The van der Waals surface area contributed by atoms with Crippen molar-refractivity contribution < 1.29 is 4.79 Å². The Bertz CT molecular complexity index is 403. The maximum absolute atomic E-state index is 11.1. The summed E-state index contributed by atoms with van der Waals surface area (Å²) in [5.74, 6) is 0.0256. The number of carbonyl (C=O) groups is 1. The number of carbonyl (C=O) groups excluding carboxylic acids is 1. The largest absolute Gasteiger partial charge is 0.378 e. The van der Waals surface area contributed by atoms with Gasteiger partial charge in [0, 0.05) is 25.0 Å². The number of likely N-dealkylation sites (N-methyl/N-ethyl adjacent to an activating group) is 1. The Balaban J connectivity index is 2.05. The van der Waals surface area contributed by atoms with E-state index < -0.39 is 0 Å². The van der Waals surface area contributed by atoms with Crippen molar-refractivity contribution in [3.63, 3.8) is 0 Å². The number of Topliss-reactive ketones (excluding diaryl/α,β-unsaturated/α-hetero) is 1. The molecular formula is C12H17N3O. The molecule has 2 rings (SSSR count). The molecule has 0 spiro atoms. The molecule has 1 aliphatic heterocycles. The molecule has 4 heteroatoms. The number of nitrogens with zero attached hydrogens (tertiary/aromatic N) is 1. The summed E-state index contributed by atoms with van der Waals surface area (Å²) >= 11 is 0. The fourth-order valence-electron chi connectivity index (χ4n) is 1.95. The van der Waals surface area contributed by atoms with Gasteiger partial charge in [0.25, 0.3) is 0 Å². The summed E-state index contributed by atoms with van der Waals surface area (Å²) in [6, 6.07) is 6.21. The average molecular weight is 219 g/mol. The first kappa shape index (κ1) is 11.0. The Morgan fingerprint density at radius 2 is 2.38 bits per heavy atom. The topological polar surface area (TPSA) is 58.4 Å². The van der Waals surface area contributed by atoms with Gasteiger partial charge in [0.15, 0.2) is 5.78 Å². The van der Waals surface area contributed by atoms with Gasteiger partial charge in [0.2, 0.25) is 0 Å². The lowest BCUT2D eigenvalue weighted by Gasteiger charge is -2.12. The van der Waals surface area contributed by atoms with Gasteiger partial charge in [0.05, 0.1) is 13.1 Å². The monoisotopic (exact) mass is 219 g/mol. The molecule has 3 N–H and O–H groups in total. The molecule has 0 saturated heterocycles. The molecule has 0 bridgehead atoms. The van der Waals surface area contributed by atoms with Gasteiger partial charge < -0.3 is 16.0 Å². The van der Waals surface area contributed by atoms with Crippen molar-refractivity contribution in [1.29, 1.82) is 0 Å². The highest BCUT2D eigenvalue weighted by Gasteiger charge is 2.15. The van der Waals surface area contributed by atoms with Crippen molar-refractivity contribution in [3.8, 4) is 0 Å². The van der Waals surface area contributed by atoms with Crippen LogP contribution >= 0.6 is 0 Å². The first-order chi connectivity index (χ1) is 7.70. The zero-order valence-electron chi connectivity index (χ0n) is 9.49. The average Bonchev–Trinajstić information content (AvgIpc) is 2.67. The van der Waals surface area contributed by atoms with Gasteiger partial charge in [-0.2, -0.15) is 0 Å². The molecule has 16 heavy (non-hydrogen) atoms. The van der Waals surface area contributed by atoms with Crippen molar-refractivity contribution in [2.75, 3.05) is 36.9 Å². The van der Waals surface area contributed by atoms with Crippen LogP contribution in [0, 0.1) is 0 Å². The predicted octanol–water partition coefficient (Wildman–Crippen LogP) is 0.619. The van der Waals surface area contributed by atoms with Gasteiger partial charge in [0.1, 0.15) is 0 Å². The molecule has 0 fully saturated rings. The quantitative estimate of drug-likeness (QED) is 0.779. The van der Waals surface area contributed by atoms with Crippen LogP contribution in [0.1, 0.15) is 5.56 Å². The standard InChI is InChI=1S/C12H17N3O/c1-15-5-4-9-6-10(2-3-12(9)15)14-8-11(16)7-13/h2-3,6,14H,4-5,7-8,13H2,1H3. The number of ketones is 1. The number of nitrogens with two attached hydrogens (primary N) is 1. The summed E-state index contributed by atoms with van der Waals surface area (Å²) in [6.45, 7) is 1.48. The lowest BCUT2D eigenvalue weighted by molar-refractivity contribution is -0.116. The Hall–Kier alpha value is -1.55. The van der Waals surface area contributed by atoms with Crippen LogP contribution in [0.25, 0.3) is 0 Å². The number of benzene rings is 1. The first-order valence-electron chi connectivity index (χ1n) is 5.50. The van der Waals surface area contributed by atoms with Gasteiger partial charge in [-0.3, -0.25) is 4.79 Å². The predicted molar refractivity (Wildman–Crippen MR) is 66.0 cm³/mol. The third-order valence-corrected chi connectivity index (χ3v) is 2.92. The van der Waals surface area contributed by atoms with E-state index in [4.69, 9.17) is 5.73 Å². The number of anilines is 2. The molecule has 4 nitrogen and oxygen atoms in total. The second kappa shape index (κ2) is 4.53. The molecule has 0 aliphatic carbocycles. The van der Waals surface area contributed by atoms with Crippen molar-refractivity contribution in [2.24, 2.45) is 5.73 Å². The second-order valence-corrected chi connectivity index (χ2v) is 4.11. The van der Waals surface area contributed by atoms with Crippen LogP contribution in [0.4, 0.5) is 11.4 Å². The molecule has 0 atom stereocenters. The molecule has 0 amide bonds. The maximum Gasteiger partial charge on any atom is 0.165 e. The van der Waals surface area contributed by atoms with Gasteiger partial charge in [-0.15, -0.1) is 0 Å². The van der Waals surface area contributed by atoms with Gasteiger partial charge in [-0.25, -0.2) is 0 Å². The molecular weight excluding hydrogens is 202 g/mol. The van der Waals surface area contributed by atoms with E-state index in [2.05, 4.69) is 29.4 Å². The molecule has 1 aromatic carbocycles. The van der Waals surface area contributed by atoms with E-state index in [9.17, 15) is 4.79 Å². The Kier molecular flexibility index (Phi) is 3.10. The van der Waals surface area contributed by atoms with Crippen LogP contribution in [0.3, 0.4) is 0 Å². The van der Waals surface area contributed by atoms with Crippen LogP contribution in [-0.2, 0) is 11.2 Å². The third kappa shape index (κ3) is 2.17. The minimum absolute atomic E-state index is 0.0256. The van der Waals surface area contributed by atoms with Crippen molar-refractivity contribution >= 4 is 17.2 Å². The highest BCUT2D eigenvalue weighted by Crippen LogP contribution is 2.28. The lowest BCUT2D eigenvalue weighted by atomic mass is 10.1. The van der Waals surface area contributed by atoms with E-state index in [1.165, 1.54) is 11.3 Å². The molecule has 86 valence electrons. The fraction of sp³-hybridized carbons (Fsp3) is 0.417. The number of rotatable bonds is 4. The first-order valence-corrected chi connectivity index (χ1v) is 5.50. The SMILES string of the molecule is CN1CCc2cc(NCC(=O)CN)ccc21. The van der Waals surface area contributed by atoms with Crippen LogP contribution in [0.2, 0.25) is 0 Å². The highest BCUT2D eigenvalue weighted by molar-refractivity contribution is 5.84. The van der Waals surface area contributed by atoms with Crippen LogP contribution in [0.15, 0.2) is 18.2 Å².